The molecule has 1 heterocycles. The summed E-state index contributed by atoms with van der Waals surface area (Å²) in [5.74, 6) is 0.207. The number of halogens is 1. The smallest absolute Gasteiger partial charge is 0.265 e. The van der Waals surface area contributed by atoms with Gasteiger partial charge in [0.2, 0.25) is 0 Å². The SMILES string of the molecule is COc1cc(-c2cccc(-c3cccc(NC(=O)c4cncn(C)c4=O)c3C)c2C)cc(F)c1CN(C)C[C@@H]1CCC(=O)C1. The first-order chi connectivity index (χ1) is 21.1. The van der Waals surface area contributed by atoms with Crippen LogP contribution >= 0.6 is 0 Å². The Morgan fingerprint density at radius 1 is 1.09 bits per heavy atom. The normalized spacial score (nSPS) is 14.7. The topological polar surface area (TPSA) is 93.5 Å². The Hall–Kier alpha value is -4.63. The number of nitrogens with zero attached hydrogens (tertiary/aromatic N) is 3. The zero-order chi connectivity index (χ0) is 31.5. The lowest BCUT2D eigenvalue weighted by Gasteiger charge is -2.22. The van der Waals surface area contributed by atoms with Crippen molar-refractivity contribution in [1.29, 1.82) is 0 Å². The number of benzene rings is 3. The Morgan fingerprint density at radius 3 is 2.50 bits per heavy atom. The Balaban J connectivity index is 1.43. The Bertz CT molecular complexity index is 1800. The molecule has 0 unspecified atom stereocenters. The third-order valence-electron chi connectivity index (χ3n) is 8.48. The average Bonchev–Trinajstić information content (AvgIpc) is 3.40. The molecule has 0 saturated heterocycles. The highest BCUT2D eigenvalue weighted by Gasteiger charge is 2.24. The quantitative estimate of drug-likeness (QED) is 0.257. The van der Waals surface area contributed by atoms with Crippen molar-refractivity contribution >= 4 is 17.4 Å². The summed E-state index contributed by atoms with van der Waals surface area (Å²) < 4.78 is 22.6. The molecule has 5 rings (SSSR count). The number of anilines is 1. The van der Waals surface area contributed by atoms with Crippen molar-refractivity contribution in [2.24, 2.45) is 13.0 Å². The summed E-state index contributed by atoms with van der Waals surface area (Å²) in [6.07, 6.45) is 4.73. The van der Waals surface area contributed by atoms with E-state index in [2.05, 4.69) is 15.2 Å². The van der Waals surface area contributed by atoms with Gasteiger partial charge in [0.05, 0.1) is 13.4 Å². The van der Waals surface area contributed by atoms with E-state index in [9.17, 15) is 14.4 Å². The zero-order valence-corrected chi connectivity index (χ0v) is 25.7. The zero-order valence-electron chi connectivity index (χ0n) is 25.7. The molecule has 1 N–H and O–H groups in total. The van der Waals surface area contributed by atoms with Crippen molar-refractivity contribution in [3.63, 3.8) is 0 Å². The molecule has 1 atom stereocenters. The van der Waals surface area contributed by atoms with Crippen molar-refractivity contribution in [3.8, 4) is 28.0 Å². The van der Waals surface area contributed by atoms with Crippen molar-refractivity contribution in [1.82, 2.24) is 14.5 Å². The van der Waals surface area contributed by atoms with Crippen LogP contribution in [0.25, 0.3) is 22.3 Å². The standard InChI is InChI=1S/C35H37FN4O4/c1-21-26(24-15-31(36)30(33(16-24)44-5)19-39(3)18-23-12-13-25(41)14-23)8-6-9-27(21)28-10-7-11-32(22(28)2)38-34(42)29-17-37-20-40(4)35(29)43/h6-11,15-17,20,23H,12-14,18-19H2,1-5H3,(H,38,42)/t23-/m1/s1. The number of nitrogens with one attached hydrogen (secondary N) is 1. The molecular formula is C35H37FN4O4. The molecule has 0 bridgehead atoms. The van der Waals surface area contributed by atoms with Gasteiger partial charge < -0.3 is 19.5 Å². The fourth-order valence-electron chi connectivity index (χ4n) is 6.08. The van der Waals surface area contributed by atoms with Crippen LogP contribution in [0.2, 0.25) is 0 Å². The molecule has 1 fully saturated rings. The number of carbonyl (C=O) groups excluding carboxylic acids is 2. The lowest BCUT2D eigenvalue weighted by atomic mass is 9.90. The molecule has 44 heavy (non-hydrogen) atoms. The molecule has 1 aliphatic rings. The van der Waals surface area contributed by atoms with Gasteiger partial charge in [0.1, 0.15) is 22.9 Å². The molecule has 1 aliphatic carbocycles. The van der Waals surface area contributed by atoms with Crippen LogP contribution in [0.1, 0.15) is 46.3 Å². The number of aryl methyl sites for hydroxylation is 1. The van der Waals surface area contributed by atoms with E-state index in [-0.39, 0.29) is 11.4 Å². The van der Waals surface area contributed by atoms with Crippen LogP contribution in [0.5, 0.6) is 5.75 Å². The third kappa shape index (κ3) is 6.33. The Labute approximate surface area is 256 Å². The fraction of sp³-hybridized carbons (Fsp3) is 0.314. The molecule has 8 nitrogen and oxygen atoms in total. The van der Waals surface area contributed by atoms with Gasteiger partial charge >= 0.3 is 0 Å². The number of rotatable bonds is 9. The largest absolute Gasteiger partial charge is 0.496 e. The highest BCUT2D eigenvalue weighted by molar-refractivity contribution is 6.04. The van der Waals surface area contributed by atoms with E-state index >= 15 is 4.39 Å². The molecular weight excluding hydrogens is 559 g/mol. The summed E-state index contributed by atoms with van der Waals surface area (Å²) in [7, 11) is 5.03. The van der Waals surface area contributed by atoms with Gasteiger partial charge in [-0.1, -0.05) is 30.3 Å². The first kappa shape index (κ1) is 30.8. The molecule has 228 valence electrons. The predicted molar refractivity (Wildman–Crippen MR) is 169 cm³/mol. The second-order valence-corrected chi connectivity index (χ2v) is 11.6. The second kappa shape index (κ2) is 12.9. The van der Waals surface area contributed by atoms with E-state index in [1.807, 2.05) is 57.3 Å². The molecule has 4 aromatic rings. The Morgan fingerprint density at radius 2 is 1.80 bits per heavy atom. The highest BCUT2D eigenvalue weighted by Crippen LogP contribution is 2.38. The summed E-state index contributed by atoms with van der Waals surface area (Å²) in [6.45, 7) is 5.01. The fourth-order valence-corrected chi connectivity index (χ4v) is 6.08. The number of methoxy groups -OCH3 is 1. The summed E-state index contributed by atoms with van der Waals surface area (Å²) in [4.78, 5) is 43.1. The summed E-state index contributed by atoms with van der Waals surface area (Å²) in [6, 6.07) is 14.9. The van der Waals surface area contributed by atoms with Crippen molar-refractivity contribution in [2.75, 3.05) is 26.0 Å². The van der Waals surface area contributed by atoms with E-state index in [1.165, 1.54) is 17.1 Å². The summed E-state index contributed by atoms with van der Waals surface area (Å²) in [5, 5.41) is 2.86. The number of carbonyl (C=O) groups is 2. The van der Waals surface area contributed by atoms with E-state index in [0.29, 0.717) is 53.7 Å². The first-order valence-corrected chi connectivity index (χ1v) is 14.7. The first-order valence-electron chi connectivity index (χ1n) is 14.7. The van der Waals surface area contributed by atoms with Gasteiger partial charge in [-0.15, -0.1) is 0 Å². The molecule has 3 aromatic carbocycles. The highest BCUT2D eigenvalue weighted by atomic mass is 19.1. The lowest BCUT2D eigenvalue weighted by Crippen LogP contribution is -2.28. The minimum absolute atomic E-state index is 0.0442. The number of Topliss-reactive ketones (excluding diaryl/α,β-unsaturated/α-hetero) is 1. The lowest BCUT2D eigenvalue weighted by molar-refractivity contribution is -0.117. The number of aromatic nitrogens is 2. The van der Waals surface area contributed by atoms with Gasteiger partial charge in [0.15, 0.2) is 0 Å². The maximum absolute atomic E-state index is 15.7. The molecule has 1 amide bonds. The maximum Gasteiger partial charge on any atom is 0.265 e. The van der Waals surface area contributed by atoms with Gasteiger partial charge in [-0.25, -0.2) is 9.37 Å². The van der Waals surface area contributed by atoms with Crippen LogP contribution in [0, 0.1) is 25.6 Å². The molecule has 1 aromatic heterocycles. The van der Waals surface area contributed by atoms with Gasteiger partial charge in [-0.3, -0.25) is 14.4 Å². The third-order valence-corrected chi connectivity index (χ3v) is 8.48. The minimum atomic E-state index is -0.533. The van der Waals surface area contributed by atoms with E-state index in [1.54, 1.807) is 26.3 Å². The minimum Gasteiger partial charge on any atom is -0.496 e. The van der Waals surface area contributed by atoms with Crippen LogP contribution in [0.15, 0.2) is 65.8 Å². The van der Waals surface area contributed by atoms with Gasteiger partial charge in [-0.05, 0) is 84.8 Å². The van der Waals surface area contributed by atoms with Crippen LogP contribution < -0.4 is 15.6 Å². The number of ether oxygens (including phenoxy) is 1. The summed E-state index contributed by atoms with van der Waals surface area (Å²) in [5.41, 5.74) is 5.74. The van der Waals surface area contributed by atoms with Crippen molar-refractivity contribution in [3.05, 3.63) is 99.5 Å². The number of ketones is 1. The van der Waals surface area contributed by atoms with Gasteiger partial charge in [-0.2, -0.15) is 0 Å². The number of amides is 1. The van der Waals surface area contributed by atoms with Crippen molar-refractivity contribution in [2.45, 2.75) is 39.7 Å². The number of hydrogen-bond donors (Lipinski definition) is 1. The van der Waals surface area contributed by atoms with Crippen LogP contribution in [0.3, 0.4) is 0 Å². The van der Waals surface area contributed by atoms with Crippen molar-refractivity contribution < 1.29 is 18.7 Å². The monoisotopic (exact) mass is 596 g/mol. The summed E-state index contributed by atoms with van der Waals surface area (Å²) >= 11 is 0. The van der Waals surface area contributed by atoms with E-state index < -0.39 is 11.5 Å². The van der Waals surface area contributed by atoms with Gasteiger partial charge in [0, 0.05) is 50.4 Å². The second-order valence-electron chi connectivity index (χ2n) is 11.6. The molecule has 0 aliphatic heterocycles. The Kier molecular flexibility index (Phi) is 9.06. The predicted octanol–water partition coefficient (Wildman–Crippen LogP) is 5.93. The average molecular weight is 597 g/mol. The molecule has 0 spiro atoms. The van der Waals surface area contributed by atoms with Crippen LogP contribution in [-0.4, -0.2) is 46.8 Å². The molecule has 1 saturated carbocycles. The van der Waals surface area contributed by atoms with Gasteiger partial charge in [0.25, 0.3) is 11.5 Å². The van der Waals surface area contributed by atoms with E-state index in [4.69, 9.17) is 4.74 Å². The maximum atomic E-state index is 15.7. The van der Waals surface area contributed by atoms with Crippen LogP contribution in [0.4, 0.5) is 10.1 Å². The van der Waals surface area contributed by atoms with Crippen LogP contribution in [-0.2, 0) is 18.4 Å². The number of hydrogen-bond acceptors (Lipinski definition) is 6. The van der Waals surface area contributed by atoms with E-state index in [0.717, 1.165) is 40.8 Å². The molecule has 0 radical (unpaired) electrons. The molecule has 9 heteroatoms.